The summed E-state index contributed by atoms with van der Waals surface area (Å²) in [5.41, 5.74) is 1.69. The third-order valence-corrected chi connectivity index (χ3v) is 5.23. The first-order valence-electron chi connectivity index (χ1n) is 8.16. The molecule has 0 aliphatic heterocycles. The molecule has 0 amide bonds. The number of benzene rings is 2. The van der Waals surface area contributed by atoms with Crippen LogP contribution in [-0.2, 0) is 12.3 Å². The van der Waals surface area contributed by atoms with Gasteiger partial charge in [0.25, 0.3) is 5.69 Å². The number of hydrogen-bond donors (Lipinski definition) is 0. The van der Waals surface area contributed by atoms with Crippen molar-refractivity contribution in [1.29, 1.82) is 0 Å². The normalized spacial score (nSPS) is 10.8. The number of rotatable bonds is 7. The van der Waals surface area contributed by atoms with Crippen LogP contribution in [0.4, 0.5) is 5.69 Å². The van der Waals surface area contributed by atoms with Gasteiger partial charge in [0.2, 0.25) is 0 Å². The van der Waals surface area contributed by atoms with Crippen LogP contribution < -0.4 is 4.74 Å². The SMILES string of the molecule is CCn1c(SCc2cc([N+](=O)[O-])ccc2OC)nnc1-c1ccc(Cl)cc1. The summed E-state index contributed by atoms with van der Waals surface area (Å²) in [6.45, 7) is 2.71. The molecule has 27 heavy (non-hydrogen) atoms. The van der Waals surface area contributed by atoms with E-state index in [1.807, 2.05) is 35.8 Å². The summed E-state index contributed by atoms with van der Waals surface area (Å²) in [5, 5.41) is 21.0. The maximum absolute atomic E-state index is 11.0. The maximum Gasteiger partial charge on any atom is 0.270 e. The van der Waals surface area contributed by atoms with E-state index in [-0.39, 0.29) is 5.69 Å². The van der Waals surface area contributed by atoms with E-state index >= 15 is 0 Å². The number of halogens is 1. The highest BCUT2D eigenvalue weighted by atomic mass is 35.5. The Morgan fingerprint density at radius 2 is 1.96 bits per heavy atom. The zero-order valence-electron chi connectivity index (χ0n) is 14.8. The van der Waals surface area contributed by atoms with Gasteiger partial charge >= 0.3 is 0 Å². The number of nitro groups is 1. The molecule has 0 saturated heterocycles. The van der Waals surface area contributed by atoms with Crippen LogP contribution in [0.2, 0.25) is 5.02 Å². The monoisotopic (exact) mass is 404 g/mol. The molecule has 0 fully saturated rings. The first kappa shape index (κ1) is 19.2. The molecule has 0 atom stereocenters. The van der Waals surface area contributed by atoms with Crippen LogP contribution in [-0.4, -0.2) is 26.8 Å². The van der Waals surface area contributed by atoms with E-state index in [9.17, 15) is 10.1 Å². The zero-order chi connectivity index (χ0) is 19.4. The highest BCUT2D eigenvalue weighted by Crippen LogP contribution is 2.32. The lowest BCUT2D eigenvalue weighted by atomic mass is 10.2. The van der Waals surface area contributed by atoms with Gasteiger partial charge in [0.05, 0.1) is 12.0 Å². The molecule has 0 aliphatic rings. The van der Waals surface area contributed by atoms with Crippen molar-refractivity contribution < 1.29 is 9.66 Å². The number of aromatic nitrogens is 3. The Bertz CT molecular complexity index is 960. The highest BCUT2D eigenvalue weighted by molar-refractivity contribution is 7.98. The summed E-state index contributed by atoms with van der Waals surface area (Å²) >= 11 is 7.41. The van der Waals surface area contributed by atoms with Gasteiger partial charge in [0, 0.05) is 40.6 Å². The Hall–Kier alpha value is -2.58. The third kappa shape index (κ3) is 4.23. The van der Waals surface area contributed by atoms with Crippen molar-refractivity contribution in [2.24, 2.45) is 0 Å². The van der Waals surface area contributed by atoms with Crippen molar-refractivity contribution in [2.75, 3.05) is 7.11 Å². The molecule has 0 unspecified atom stereocenters. The van der Waals surface area contributed by atoms with Crippen molar-refractivity contribution in [3.63, 3.8) is 0 Å². The molecular formula is C18H17ClN4O3S. The van der Waals surface area contributed by atoms with Gasteiger partial charge in [-0.2, -0.15) is 0 Å². The minimum atomic E-state index is -0.416. The largest absolute Gasteiger partial charge is 0.496 e. The van der Waals surface area contributed by atoms with Gasteiger partial charge in [-0.3, -0.25) is 10.1 Å². The van der Waals surface area contributed by atoms with Crippen molar-refractivity contribution in [1.82, 2.24) is 14.8 Å². The van der Waals surface area contributed by atoms with Crippen molar-refractivity contribution in [2.45, 2.75) is 24.4 Å². The topological polar surface area (TPSA) is 83.1 Å². The molecule has 0 bridgehead atoms. The molecule has 140 valence electrons. The van der Waals surface area contributed by atoms with Crippen LogP contribution in [0.3, 0.4) is 0 Å². The molecule has 2 aromatic carbocycles. The quantitative estimate of drug-likeness (QED) is 0.318. The molecule has 1 heterocycles. The van der Waals surface area contributed by atoms with Crippen LogP contribution in [0.15, 0.2) is 47.6 Å². The Labute approximate surface area is 165 Å². The van der Waals surface area contributed by atoms with Gasteiger partial charge in [-0.15, -0.1) is 10.2 Å². The van der Waals surface area contributed by atoms with Gasteiger partial charge in [0.1, 0.15) is 5.75 Å². The average Bonchev–Trinajstić information content (AvgIpc) is 3.09. The van der Waals surface area contributed by atoms with Gasteiger partial charge in [-0.05, 0) is 37.3 Å². The number of ether oxygens (including phenoxy) is 1. The van der Waals surface area contributed by atoms with Crippen molar-refractivity contribution >= 4 is 29.1 Å². The van der Waals surface area contributed by atoms with E-state index in [1.165, 1.54) is 23.9 Å². The zero-order valence-corrected chi connectivity index (χ0v) is 16.3. The van der Waals surface area contributed by atoms with E-state index in [2.05, 4.69) is 10.2 Å². The van der Waals surface area contributed by atoms with E-state index in [0.717, 1.165) is 22.1 Å². The molecule has 0 aliphatic carbocycles. The van der Waals surface area contributed by atoms with Gasteiger partial charge in [-0.1, -0.05) is 23.4 Å². The Morgan fingerprint density at radius 3 is 2.59 bits per heavy atom. The Balaban J connectivity index is 1.86. The lowest BCUT2D eigenvalue weighted by molar-refractivity contribution is -0.384. The van der Waals surface area contributed by atoms with E-state index in [4.69, 9.17) is 16.3 Å². The molecular weight excluding hydrogens is 388 g/mol. The number of thioether (sulfide) groups is 1. The maximum atomic E-state index is 11.0. The van der Waals surface area contributed by atoms with Crippen molar-refractivity contribution in [3.05, 3.63) is 63.2 Å². The number of nitro benzene ring substituents is 1. The molecule has 3 rings (SSSR count). The summed E-state index contributed by atoms with van der Waals surface area (Å²) in [4.78, 5) is 10.6. The predicted octanol–water partition coefficient (Wildman–Crippen LogP) is 4.83. The molecule has 0 saturated carbocycles. The summed E-state index contributed by atoms with van der Waals surface area (Å²) in [5.74, 6) is 1.83. The van der Waals surface area contributed by atoms with Gasteiger partial charge in [-0.25, -0.2) is 0 Å². The smallest absolute Gasteiger partial charge is 0.270 e. The summed E-state index contributed by atoms with van der Waals surface area (Å²) < 4.78 is 7.32. The second kappa shape index (κ2) is 8.41. The molecule has 3 aromatic rings. The number of hydrogen-bond acceptors (Lipinski definition) is 6. The van der Waals surface area contributed by atoms with Crippen LogP contribution in [0.5, 0.6) is 5.75 Å². The minimum absolute atomic E-state index is 0.0326. The number of nitrogens with zero attached hydrogens (tertiary/aromatic N) is 4. The summed E-state index contributed by atoms with van der Waals surface area (Å²) in [7, 11) is 1.54. The van der Waals surface area contributed by atoms with Gasteiger partial charge < -0.3 is 9.30 Å². The number of non-ortho nitro benzene ring substituents is 1. The molecule has 0 spiro atoms. The second-order valence-corrected chi connectivity index (χ2v) is 6.98. The Kier molecular flexibility index (Phi) is 5.98. The molecule has 1 aromatic heterocycles. The summed E-state index contributed by atoms with van der Waals surface area (Å²) in [6, 6.07) is 12.0. The van der Waals surface area contributed by atoms with Gasteiger partial charge in [0.15, 0.2) is 11.0 Å². The third-order valence-electron chi connectivity index (χ3n) is 3.97. The lowest BCUT2D eigenvalue weighted by Crippen LogP contribution is -2.00. The first-order chi connectivity index (χ1) is 13.0. The predicted molar refractivity (Wildman–Crippen MR) is 105 cm³/mol. The Morgan fingerprint density at radius 1 is 1.22 bits per heavy atom. The van der Waals surface area contributed by atoms with Crippen LogP contribution in [0, 0.1) is 10.1 Å². The number of methoxy groups -OCH3 is 1. The summed E-state index contributed by atoms with van der Waals surface area (Å²) in [6.07, 6.45) is 0. The standard InChI is InChI=1S/C18H17ClN4O3S/c1-3-22-17(12-4-6-14(19)7-5-12)20-21-18(22)27-11-13-10-15(23(24)25)8-9-16(13)26-2/h4-10H,3,11H2,1-2H3. The fraction of sp³-hybridized carbons (Fsp3) is 0.222. The van der Waals surface area contributed by atoms with Crippen LogP contribution >= 0.6 is 23.4 Å². The van der Waals surface area contributed by atoms with E-state index in [0.29, 0.717) is 23.1 Å². The fourth-order valence-electron chi connectivity index (χ4n) is 2.63. The van der Waals surface area contributed by atoms with Crippen LogP contribution in [0.1, 0.15) is 12.5 Å². The average molecular weight is 405 g/mol. The van der Waals surface area contributed by atoms with Crippen LogP contribution in [0.25, 0.3) is 11.4 Å². The minimum Gasteiger partial charge on any atom is -0.496 e. The highest BCUT2D eigenvalue weighted by Gasteiger charge is 2.16. The first-order valence-corrected chi connectivity index (χ1v) is 9.53. The molecule has 7 nitrogen and oxygen atoms in total. The molecule has 0 N–H and O–H groups in total. The van der Waals surface area contributed by atoms with E-state index < -0.39 is 4.92 Å². The van der Waals surface area contributed by atoms with E-state index in [1.54, 1.807) is 13.2 Å². The molecule has 0 radical (unpaired) electrons. The second-order valence-electron chi connectivity index (χ2n) is 5.60. The lowest BCUT2D eigenvalue weighted by Gasteiger charge is -2.09. The van der Waals surface area contributed by atoms with Crippen molar-refractivity contribution in [3.8, 4) is 17.1 Å². The fourth-order valence-corrected chi connectivity index (χ4v) is 3.73. The molecule has 9 heteroatoms.